The molecule has 0 rings (SSSR count). The Labute approximate surface area is 176 Å². The van der Waals surface area contributed by atoms with Gasteiger partial charge in [-0.25, -0.2) is 4.79 Å². The van der Waals surface area contributed by atoms with Gasteiger partial charge in [0.15, 0.2) is 0 Å². The summed E-state index contributed by atoms with van der Waals surface area (Å²) in [5.41, 5.74) is 0. The van der Waals surface area contributed by atoms with Crippen LogP contribution in [-0.4, -0.2) is 28.8 Å². The fourth-order valence-electron chi connectivity index (χ4n) is 2.39. The topological polar surface area (TPSA) is 66.4 Å². The Hall–Kier alpha value is -1.75. The molecule has 0 aromatic carbocycles. The van der Waals surface area contributed by atoms with E-state index in [0.717, 1.165) is 25.7 Å². The molecule has 0 fully saturated rings. The van der Waals surface area contributed by atoms with Crippen LogP contribution in [0.5, 0.6) is 0 Å². The van der Waals surface area contributed by atoms with E-state index in [1.54, 1.807) is 0 Å². The summed E-state index contributed by atoms with van der Waals surface area (Å²) < 4.78 is 0. The molecule has 0 bridgehead atoms. The lowest BCUT2D eigenvalue weighted by atomic mass is 10.2. The molecule has 0 aromatic rings. The molecule has 1 unspecified atom stereocenters. The molecule has 0 spiro atoms. The number of carbonyl (C=O) groups excluding carboxylic acids is 1. The van der Waals surface area contributed by atoms with Crippen LogP contribution in [0.15, 0.2) is 48.6 Å². The van der Waals surface area contributed by atoms with Crippen LogP contribution >= 0.6 is 12.6 Å². The molecule has 0 saturated heterocycles. The van der Waals surface area contributed by atoms with E-state index < -0.39 is 12.0 Å². The first-order valence-corrected chi connectivity index (χ1v) is 11.0. The number of allylic oxidation sites excluding steroid dienone is 8. The Bertz CT molecular complexity index is 524. The van der Waals surface area contributed by atoms with Crippen molar-refractivity contribution in [3.63, 3.8) is 0 Å². The second-order valence-corrected chi connectivity index (χ2v) is 6.99. The smallest absolute Gasteiger partial charge is 0.327 e. The Morgan fingerprint density at radius 3 is 1.82 bits per heavy atom. The van der Waals surface area contributed by atoms with Crippen LogP contribution in [-0.2, 0) is 9.59 Å². The Kier molecular flexibility index (Phi) is 18.7. The van der Waals surface area contributed by atoms with Crippen LogP contribution in [0.25, 0.3) is 0 Å². The van der Waals surface area contributed by atoms with E-state index in [0.29, 0.717) is 12.8 Å². The first-order chi connectivity index (χ1) is 13.6. The third-order valence-electron chi connectivity index (χ3n) is 4.05. The summed E-state index contributed by atoms with van der Waals surface area (Å²) >= 11 is 3.92. The van der Waals surface area contributed by atoms with Gasteiger partial charge < -0.3 is 10.4 Å². The number of amides is 1. The maximum Gasteiger partial charge on any atom is 0.327 e. The molecule has 0 radical (unpaired) electrons. The molecule has 5 heteroatoms. The lowest BCUT2D eigenvalue weighted by molar-refractivity contribution is -0.141. The van der Waals surface area contributed by atoms with Crippen molar-refractivity contribution in [1.29, 1.82) is 0 Å². The molecular formula is C23H37NO3S. The first-order valence-electron chi connectivity index (χ1n) is 10.3. The second kappa shape index (κ2) is 20.0. The van der Waals surface area contributed by atoms with Crippen LogP contribution in [0, 0.1) is 0 Å². The average Bonchev–Trinajstić information content (AvgIpc) is 2.68. The maximum atomic E-state index is 11.6. The molecule has 0 aliphatic heterocycles. The Morgan fingerprint density at radius 2 is 1.36 bits per heavy atom. The highest BCUT2D eigenvalue weighted by atomic mass is 32.1. The van der Waals surface area contributed by atoms with Gasteiger partial charge in [0.25, 0.3) is 0 Å². The lowest BCUT2D eigenvalue weighted by Gasteiger charge is -2.11. The molecule has 1 atom stereocenters. The van der Waals surface area contributed by atoms with Gasteiger partial charge in [-0.2, -0.15) is 12.6 Å². The molecule has 0 aliphatic carbocycles. The fourth-order valence-corrected chi connectivity index (χ4v) is 2.64. The van der Waals surface area contributed by atoms with Gasteiger partial charge in [0.1, 0.15) is 6.04 Å². The fraction of sp³-hybridized carbons (Fsp3) is 0.565. The van der Waals surface area contributed by atoms with Crippen molar-refractivity contribution >= 4 is 24.5 Å². The predicted octanol–water partition coefficient (Wildman–Crippen LogP) is 5.63. The monoisotopic (exact) mass is 407 g/mol. The summed E-state index contributed by atoms with van der Waals surface area (Å²) in [6.07, 6.45) is 27.1. The first kappa shape index (κ1) is 26.2. The lowest BCUT2D eigenvalue weighted by Crippen LogP contribution is -2.41. The minimum absolute atomic E-state index is 0.0955. The van der Waals surface area contributed by atoms with Gasteiger partial charge in [-0.05, 0) is 44.9 Å². The van der Waals surface area contributed by atoms with Crippen LogP contribution in [0.1, 0.15) is 71.1 Å². The molecule has 0 aliphatic rings. The molecule has 2 N–H and O–H groups in total. The predicted molar refractivity (Wildman–Crippen MR) is 122 cm³/mol. The van der Waals surface area contributed by atoms with Crippen molar-refractivity contribution in [2.45, 2.75) is 77.2 Å². The van der Waals surface area contributed by atoms with Gasteiger partial charge in [0, 0.05) is 12.2 Å². The summed E-state index contributed by atoms with van der Waals surface area (Å²) in [6, 6.07) is -0.910. The number of carbonyl (C=O) groups is 2. The highest BCUT2D eigenvalue weighted by Crippen LogP contribution is 2.02. The van der Waals surface area contributed by atoms with Gasteiger partial charge in [-0.3, -0.25) is 4.79 Å². The van der Waals surface area contributed by atoms with Gasteiger partial charge >= 0.3 is 5.97 Å². The normalized spacial score (nSPS) is 13.2. The van der Waals surface area contributed by atoms with E-state index in [1.807, 2.05) is 0 Å². The van der Waals surface area contributed by atoms with E-state index in [2.05, 4.69) is 73.5 Å². The van der Waals surface area contributed by atoms with Gasteiger partial charge in [-0.15, -0.1) is 0 Å². The minimum Gasteiger partial charge on any atom is -0.480 e. The van der Waals surface area contributed by atoms with E-state index >= 15 is 0 Å². The Morgan fingerprint density at radius 1 is 0.857 bits per heavy atom. The van der Waals surface area contributed by atoms with Crippen molar-refractivity contribution in [2.75, 3.05) is 5.75 Å². The van der Waals surface area contributed by atoms with Crippen LogP contribution in [0.3, 0.4) is 0 Å². The minimum atomic E-state index is -1.05. The molecular weight excluding hydrogens is 370 g/mol. The van der Waals surface area contributed by atoms with Crippen LogP contribution in [0.2, 0.25) is 0 Å². The number of carboxylic acids is 1. The highest BCUT2D eigenvalue weighted by Gasteiger charge is 2.17. The van der Waals surface area contributed by atoms with Crippen molar-refractivity contribution in [3.8, 4) is 0 Å². The Balaban J connectivity index is 3.62. The van der Waals surface area contributed by atoms with E-state index in [9.17, 15) is 9.59 Å². The van der Waals surface area contributed by atoms with Crippen LogP contribution < -0.4 is 5.32 Å². The molecule has 158 valence electrons. The SMILES string of the molecule is CCCCC/C=C/C/C=C/C/C=C/C/C=C/CCCC(=O)NC(CS)C(=O)O. The molecule has 1 amide bonds. The van der Waals surface area contributed by atoms with E-state index in [-0.39, 0.29) is 11.7 Å². The third-order valence-corrected chi connectivity index (χ3v) is 4.41. The maximum absolute atomic E-state index is 11.6. The quantitative estimate of drug-likeness (QED) is 0.166. The van der Waals surface area contributed by atoms with E-state index in [4.69, 9.17) is 5.11 Å². The standard InChI is InChI=1S/C23H37NO3S/c1-2-3-4-5-6-7-8-9-10-11-12-13-14-15-16-17-18-19-22(25)24-21(20-28)23(26)27/h6-7,9-10,12-13,15-16,21,28H,2-5,8,11,14,17-20H2,1H3,(H,24,25)(H,26,27)/b7-6+,10-9+,13-12+,16-15+. The molecule has 0 aromatic heterocycles. The number of carboxylic acid groups (broad SMARTS) is 1. The third kappa shape index (κ3) is 17.7. The second-order valence-electron chi connectivity index (χ2n) is 6.62. The van der Waals surface area contributed by atoms with Gasteiger partial charge in [0.05, 0.1) is 0 Å². The summed E-state index contributed by atoms with van der Waals surface area (Å²) in [5.74, 6) is -1.20. The largest absolute Gasteiger partial charge is 0.480 e. The molecule has 0 saturated carbocycles. The highest BCUT2D eigenvalue weighted by molar-refractivity contribution is 7.80. The number of thiol groups is 1. The van der Waals surface area contributed by atoms with E-state index in [1.165, 1.54) is 25.7 Å². The van der Waals surface area contributed by atoms with Crippen molar-refractivity contribution in [1.82, 2.24) is 5.32 Å². The van der Waals surface area contributed by atoms with Gasteiger partial charge in [-0.1, -0.05) is 68.4 Å². The number of unbranched alkanes of at least 4 members (excludes halogenated alkanes) is 4. The van der Waals surface area contributed by atoms with Crippen LogP contribution in [0.4, 0.5) is 0 Å². The molecule has 0 heterocycles. The number of nitrogens with one attached hydrogen (secondary N) is 1. The van der Waals surface area contributed by atoms with Crippen molar-refractivity contribution in [3.05, 3.63) is 48.6 Å². The molecule has 4 nitrogen and oxygen atoms in total. The van der Waals surface area contributed by atoms with Gasteiger partial charge in [0.2, 0.25) is 5.91 Å². The number of hydrogen-bond acceptors (Lipinski definition) is 3. The summed E-state index contributed by atoms with van der Waals surface area (Å²) in [7, 11) is 0. The zero-order valence-electron chi connectivity index (χ0n) is 17.2. The summed E-state index contributed by atoms with van der Waals surface area (Å²) in [6.45, 7) is 2.22. The summed E-state index contributed by atoms with van der Waals surface area (Å²) in [5, 5.41) is 11.3. The van der Waals surface area contributed by atoms with Crippen molar-refractivity contribution < 1.29 is 14.7 Å². The number of rotatable bonds is 17. The van der Waals surface area contributed by atoms with Crippen molar-refractivity contribution in [2.24, 2.45) is 0 Å². The summed E-state index contributed by atoms with van der Waals surface area (Å²) in [4.78, 5) is 22.4. The number of aliphatic carboxylic acids is 1. The number of hydrogen-bond donors (Lipinski definition) is 3. The zero-order valence-corrected chi connectivity index (χ0v) is 18.1. The molecule has 28 heavy (non-hydrogen) atoms. The average molecular weight is 408 g/mol. The zero-order chi connectivity index (χ0) is 20.9.